The van der Waals surface area contributed by atoms with Crippen molar-refractivity contribution in [1.29, 1.82) is 0 Å². The van der Waals surface area contributed by atoms with Gasteiger partial charge in [0.1, 0.15) is 5.82 Å². The Hall–Kier alpha value is -2.32. The number of piperazine rings is 1. The van der Waals surface area contributed by atoms with Gasteiger partial charge in [-0.2, -0.15) is 0 Å². The minimum absolute atomic E-state index is 0. The average molecular weight is 461 g/mol. The highest BCUT2D eigenvalue weighted by Gasteiger charge is 2.39. The molecule has 2 saturated heterocycles. The number of rotatable bonds is 8. The molecular formula is C24H30ClFN4O2. The lowest BCUT2D eigenvalue weighted by Gasteiger charge is -2.34. The van der Waals surface area contributed by atoms with E-state index in [1.165, 1.54) is 29.8 Å². The first-order valence-electron chi connectivity index (χ1n) is 10.9. The summed E-state index contributed by atoms with van der Waals surface area (Å²) >= 11 is 0. The first kappa shape index (κ1) is 24.3. The van der Waals surface area contributed by atoms with Crippen molar-refractivity contribution in [3.05, 3.63) is 66.0 Å². The Kier molecular flexibility index (Phi) is 8.75. The van der Waals surface area contributed by atoms with Crippen LogP contribution in [0.25, 0.3) is 0 Å². The maximum absolute atomic E-state index is 13.1. The Bertz CT molecular complexity index is 889. The zero-order chi connectivity index (χ0) is 21.6. The second-order valence-corrected chi connectivity index (χ2v) is 8.21. The second-order valence-electron chi connectivity index (χ2n) is 8.21. The predicted octanol–water partition coefficient (Wildman–Crippen LogP) is 2.68. The van der Waals surface area contributed by atoms with Gasteiger partial charge in [-0.25, -0.2) is 9.29 Å². The molecule has 2 heterocycles. The molecule has 8 heteroatoms. The van der Waals surface area contributed by atoms with Gasteiger partial charge in [0.25, 0.3) is 5.91 Å². The standard InChI is InChI=1S/C24H29FN4O2.ClH/c25-20-7-9-21(10-8-20)29-23(30)17-22(24(29)31)26-11-4-12-27-13-15-28(16-14-27)18-19-5-2-1-3-6-19;/h1-3,5-10,22,26H,4,11-18H2;1H. The van der Waals surface area contributed by atoms with Crippen LogP contribution in [0.2, 0.25) is 0 Å². The molecule has 2 fully saturated rings. The summed E-state index contributed by atoms with van der Waals surface area (Å²) in [7, 11) is 0. The van der Waals surface area contributed by atoms with E-state index in [2.05, 4.69) is 39.4 Å². The maximum atomic E-state index is 13.1. The number of hydrogen-bond donors (Lipinski definition) is 1. The molecule has 0 saturated carbocycles. The fourth-order valence-corrected chi connectivity index (χ4v) is 4.24. The number of carbonyl (C=O) groups excluding carboxylic acids is 2. The van der Waals surface area contributed by atoms with Crippen molar-refractivity contribution in [2.24, 2.45) is 0 Å². The van der Waals surface area contributed by atoms with E-state index in [0.717, 1.165) is 50.6 Å². The van der Waals surface area contributed by atoms with E-state index < -0.39 is 11.9 Å². The Morgan fingerprint density at radius 1 is 0.906 bits per heavy atom. The highest BCUT2D eigenvalue weighted by atomic mass is 35.5. The van der Waals surface area contributed by atoms with Crippen molar-refractivity contribution in [3.63, 3.8) is 0 Å². The molecule has 2 amide bonds. The van der Waals surface area contributed by atoms with E-state index in [1.54, 1.807) is 0 Å². The molecule has 1 atom stereocenters. The summed E-state index contributed by atoms with van der Waals surface area (Å²) in [5.41, 5.74) is 1.78. The molecule has 4 rings (SSSR count). The molecule has 0 spiro atoms. The van der Waals surface area contributed by atoms with Crippen LogP contribution in [-0.4, -0.2) is 66.9 Å². The van der Waals surface area contributed by atoms with E-state index in [0.29, 0.717) is 12.2 Å². The Morgan fingerprint density at radius 2 is 1.56 bits per heavy atom. The van der Waals surface area contributed by atoms with Crippen molar-refractivity contribution < 1.29 is 14.0 Å². The third kappa shape index (κ3) is 6.13. The van der Waals surface area contributed by atoms with Gasteiger partial charge in [0.05, 0.1) is 18.2 Å². The fourth-order valence-electron chi connectivity index (χ4n) is 4.24. The number of halogens is 2. The average Bonchev–Trinajstić information content (AvgIpc) is 3.07. The smallest absolute Gasteiger partial charge is 0.251 e. The number of anilines is 1. The number of imide groups is 1. The van der Waals surface area contributed by atoms with Crippen LogP contribution < -0.4 is 10.2 Å². The highest BCUT2D eigenvalue weighted by Crippen LogP contribution is 2.23. The lowest BCUT2D eigenvalue weighted by molar-refractivity contribution is -0.121. The molecule has 2 aliphatic heterocycles. The quantitative estimate of drug-likeness (QED) is 0.485. The third-order valence-corrected chi connectivity index (χ3v) is 5.99. The van der Waals surface area contributed by atoms with Crippen molar-refractivity contribution in [2.75, 3.05) is 44.2 Å². The van der Waals surface area contributed by atoms with Gasteiger partial charge >= 0.3 is 0 Å². The van der Waals surface area contributed by atoms with Gasteiger partial charge in [0.2, 0.25) is 5.91 Å². The second kappa shape index (κ2) is 11.5. The molecule has 32 heavy (non-hydrogen) atoms. The zero-order valence-electron chi connectivity index (χ0n) is 18.1. The lowest BCUT2D eigenvalue weighted by Crippen LogP contribution is -2.46. The molecular weight excluding hydrogens is 431 g/mol. The van der Waals surface area contributed by atoms with E-state index in [1.807, 2.05) is 6.07 Å². The predicted molar refractivity (Wildman–Crippen MR) is 125 cm³/mol. The molecule has 1 unspecified atom stereocenters. The summed E-state index contributed by atoms with van der Waals surface area (Å²) < 4.78 is 13.1. The van der Waals surface area contributed by atoms with Crippen LogP contribution in [0.15, 0.2) is 54.6 Å². The van der Waals surface area contributed by atoms with Crippen LogP contribution in [0.1, 0.15) is 18.4 Å². The van der Waals surface area contributed by atoms with Gasteiger partial charge in [-0.05, 0) is 49.3 Å². The highest BCUT2D eigenvalue weighted by molar-refractivity contribution is 6.22. The molecule has 2 aromatic carbocycles. The summed E-state index contributed by atoms with van der Waals surface area (Å²) in [6, 6.07) is 15.5. The van der Waals surface area contributed by atoms with Gasteiger partial charge in [-0.1, -0.05) is 30.3 Å². The van der Waals surface area contributed by atoms with E-state index in [-0.39, 0.29) is 30.6 Å². The van der Waals surface area contributed by atoms with Gasteiger partial charge in [-0.15, -0.1) is 12.4 Å². The summed E-state index contributed by atoms with van der Waals surface area (Å²) in [6.07, 6.45) is 1.07. The molecule has 172 valence electrons. The maximum Gasteiger partial charge on any atom is 0.251 e. The fraction of sp³-hybridized carbons (Fsp3) is 0.417. The first-order valence-corrected chi connectivity index (χ1v) is 10.9. The zero-order valence-corrected chi connectivity index (χ0v) is 18.9. The summed E-state index contributed by atoms with van der Waals surface area (Å²) in [5, 5.41) is 3.23. The van der Waals surface area contributed by atoms with Gasteiger partial charge in [0.15, 0.2) is 0 Å². The Balaban J connectivity index is 0.00000289. The third-order valence-electron chi connectivity index (χ3n) is 5.99. The van der Waals surface area contributed by atoms with E-state index in [4.69, 9.17) is 0 Å². The van der Waals surface area contributed by atoms with E-state index in [9.17, 15) is 14.0 Å². The number of nitrogens with one attached hydrogen (secondary N) is 1. The molecule has 6 nitrogen and oxygen atoms in total. The topological polar surface area (TPSA) is 55.9 Å². The van der Waals surface area contributed by atoms with Gasteiger partial charge < -0.3 is 10.2 Å². The SMILES string of the molecule is Cl.O=C1CC(NCCCN2CCN(Cc3ccccc3)CC2)C(=O)N1c1ccc(F)cc1. The van der Waals surface area contributed by atoms with Crippen LogP contribution in [0.4, 0.5) is 10.1 Å². The molecule has 2 aliphatic rings. The summed E-state index contributed by atoms with van der Waals surface area (Å²) in [4.78, 5) is 31.0. The van der Waals surface area contributed by atoms with Crippen molar-refractivity contribution in [2.45, 2.75) is 25.4 Å². The van der Waals surface area contributed by atoms with Crippen molar-refractivity contribution >= 4 is 29.9 Å². The van der Waals surface area contributed by atoms with Crippen LogP contribution in [-0.2, 0) is 16.1 Å². The molecule has 0 radical (unpaired) electrons. The minimum atomic E-state index is -0.500. The van der Waals surface area contributed by atoms with Crippen LogP contribution in [0.3, 0.4) is 0 Å². The van der Waals surface area contributed by atoms with Crippen molar-refractivity contribution in [3.8, 4) is 0 Å². The van der Waals surface area contributed by atoms with Crippen molar-refractivity contribution in [1.82, 2.24) is 15.1 Å². The summed E-state index contributed by atoms with van der Waals surface area (Å²) in [6.45, 7) is 6.87. The van der Waals surface area contributed by atoms with Gasteiger partial charge in [0, 0.05) is 32.7 Å². The normalized spacial score (nSPS) is 19.9. The number of nitrogens with zero attached hydrogens (tertiary/aromatic N) is 3. The number of hydrogen-bond acceptors (Lipinski definition) is 5. The van der Waals surface area contributed by atoms with Gasteiger partial charge in [-0.3, -0.25) is 14.5 Å². The Labute approximate surface area is 194 Å². The van der Waals surface area contributed by atoms with E-state index >= 15 is 0 Å². The van der Waals surface area contributed by atoms with Crippen LogP contribution >= 0.6 is 12.4 Å². The molecule has 0 aromatic heterocycles. The lowest BCUT2D eigenvalue weighted by atomic mass is 10.2. The largest absolute Gasteiger partial charge is 0.305 e. The minimum Gasteiger partial charge on any atom is -0.305 e. The van der Waals surface area contributed by atoms with Crippen LogP contribution in [0.5, 0.6) is 0 Å². The number of amides is 2. The molecule has 1 N–H and O–H groups in total. The number of benzene rings is 2. The Morgan fingerprint density at radius 3 is 2.25 bits per heavy atom. The summed E-state index contributed by atoms with van der Waals surface area (Å²) in [5.74, 6) is -0.895. The molecule has 0 bridgehead atoms. The van der Waals surface area contributed by atoms with Crippen LogP contribution in [0, 0.1) is 5.82 Å². The number of carbonyl (C=O) groups is 2. The molecule has 2 aromatic rings. The monoisotopic (exact) mass is 460 g/mol. The molecule has 0 aliphatic carbocycles. The first-order chi connectivity index (χ1) is 15.1.